The maximum Gasteiger partial charge on any atom is 0.129 e. The Morgan fingerprint density at radius 1 is 1.41 bits per heavy atom. The number of aliphatic hydroxyl groups is 2. The molecule has 0 aromatic heterocycles. The summed E-state index contributed by atoms with van der Waals surface area (Å²) in [6.07, 6.45) is 1.74. The van der Waals surface area contributed by atoms with Gasteiger partial charge in [-0.25, -0.2) is 4.39 Å². The lowest BCUT2D eigenvalue weighted by atomic mass is 9.73. The summed E-state index contributed by atoms with van der Waals surface area (Å²) >= 11 is 12.0. The fraction of sp³-hybridized carbons (Fsp3) is 0.625. The van der Waals surface area contributed by atoms with Crippen LogP contribution in [0.25, 0.3) is 0 Å². The largest absolute Gasteiger partial charge is 0.396 e. The summed E-state index contributed by atoms with van der Waals surface area (Å²) in [5.41, 5.74) is -0.0876. The van der Waals surface area contributed by atoms with Crippen molar-refractivity contribution in [1.82, 2.24) is 4.90 Å². The van der Waals surface area contributed by atoms with Crippen LogP contribution in [0.2, 0.25) is 10.0 Å². The third kappa shape index (κ3) is 3.57. The quantitative estimate of drug-likeness (QED) is 0.799. The summed E-state index contributed by atoms with van der Waals surface area (Å²) in [7, 11) is 0. The van der Waals surface area contributed by atoms with E-state index in [1.54, 1.807) is 0 Å². The highest BCUT2D eigenvalue weighted by molar-refractivity contribution is 6.42. The Kier molecular flexibility index (Phi) is 6.08. The minimum absolute atomic E-state index is 0.0257. The van der Waals surface area contributed by atoms with Gasteiger partial charge in [-0.1, -0.05) is 36.5 Å². The molecule has 3 nitrogen and oxygen atoms in total. The van der Waals surface area contributed by atoms with Gasteiger partial charge in [0.05, 0.1) is 22.8 Å². The molecule has 6 heteroatoms. The van der Waals surface area contributed by atoms with Gasteiger partial charge in [0, 0.05) is 24.1 Å². The number of halogens is 3. The molecule has 1 aromatic carbocycles. The first-order valence-electron chi connectivity index (χ1n) is 7.57. The lowest BCUT2D eigenvalue weighted by molar-refractivity contribution is -0.0804. The Bertz CT molecular complexity index is 529. The highest BCUT2D eigenvalue weighted by atomic mass is 35.5. The third-order valence-corrected chi connectivity index (χ3v) is 5.49. The normalized spacial score (nSPS) is 26.4. The van der Waals surface area contributed by atoms with Gasteiger partial charge in [-0.05, 0) is 31.5 Å². The highest BCUT2D eigenvalue weighted by Gasteiger charge is 2.41. The summed E-state index contributed by atoms with van der Waals surface area (Å²) in [6.45, 7) is 3.39. The Morgan fingerprint density at radius 3 is 2.73 bits per heavy atom. The molecule has 0 unspecified atom stereocenters. The smallest absolute Gasteiger partial charge is 0.129 e. The molecular formula is C16H22Cl2FNO2. The maximum absolute atomic E-state index is 13.9. The van der Waals surface area contributed by atoms with Gasteiger partial charge in [0.25, 0.3) is 0 Å². The number of piperidine rings is 1. The molecule has 0 aliphatic carbocycles. The average Bonchev–Trinajstić information content (AvgIpc) is 2.50. The first-order valence-corrected chi connectivity index (χ1v) is 8.32. The van der Waals surface area contributed by atoms with E-state index in [0.29, 0.717) is 36.6 Å². The number of β-amino-alcohol motifs (C(OH)–C–C–N with tert-alkyl or cyclic N) is 1. The van der Waals surface area contributed by atoms with E-state index < -0.39 is 17.3 Å². The molecule has 1 aliphatic rings. The third-order valence-electron chi connectivity index (χ3n) is 4.65. The lowest BCUT2D eigenvalue weighted by Gasteiger charge is -2.44. The Balaban J connectivity index is 2.10. The topological polar surface area (TPSA) is 43.7 Å². The molecule has 1 saturated heterocycles. The predicted octanol–water partition coefficient (Wildman–Crippen LogP) is 3.48. The van der Waals surface area contributed by atoms with Crippen molar-refractivity contribution in [2.75, 3.05) is 19.7 Å². The number of rotatable bonds is 5. The van der Waals surface area contributed by atoms with Gasteiger partial charge in [0.15, 0.2) is 0 Å². The zero-order valence-corrected chi connectivity index (χ0v) is 14.2. The Labute approximate surface area is 140 Å². The molecule has 1 heterocycles. The predicted molar refractivity (Wildman–Crippen MR) is 86.7 cm³/mol. The minimum atomic E-state index is -0.632. The molecular weight excluding hydrogens is 328 g/mol. The Morgan fingerprint density at radius 2 is 2.14 bits per heavy atom. The zero-order valence-electron chi connectivity index (χ0n) is 12.7. The highest BCUT2D eigenvalue weighted by Crippen LogP contribution is 2.37. The van der Waals surface area contributed by atoms with Gasteiger partial charge in [-0.3, -0.25) is 4.90 Å². The van der Waals surface area contributed by atoms with Crippen LogP contribution in [0.15, 0.2) is 12.1 Å². The molecule has 1 aliphatic heterocycles. The molecule has 1 fully saturated rings. The summed E-state index contributed by atoms with van der Waals surface area (Å²) in [4.78, 5) is 1.95. The van der Waals surface area contributed by atoms with Crippen LogP contribution in [0, 0.1) is 11.2 Å². The number of likely N-dealkylation sites (tertiary alicyclic amines) is 1. The van der Waals surface area contributed by atoms with Gasteiger partial charge in [0.1, 0.15) is 5.82 Å². The fourth-order valence-corrected chi connectivity index (χ4v) is 3.60. The minimum Gasteiger partial charge on any atom is -0.396 e. The van der Waals surface area contributed by atoms with E-state index in [0.717, 1.165) is 12.8 Å². The van der Waals surface area contributed by atoms with Crippen molar-refractivity contribution in [1.29, 1.82) is 0 Å². The first kappa shape index (κ1) is 18.0. The first-order chi connectivity index (χ1) is 10.4. The molecule has 0 bridgehead atoms. The number of aliphatic hydroxyl groups excluding tert-OH is 2. The van der Waals surface area contributed by atoms with E-state index in [2.05, 4.69) is 0 Å². The van der Waals surface area contributed by atoms with Crippen molar-refractivity contribution in [3.8, 4) is 0 Å². The molecule has 2 N–H and O–H groups in total. The second kappa shape index (κ2) is 7.45. The lowest BCUT2D eigenvalue weighted by Crippen LogP contribution is -2.52. The number of benzene rings is 1. The van der Waals surface area contributed by atoms with Crippen molar-refractivity contribution >= 4 is 23.2 Å². The van der Waals surface area contributed by atoms with E-state index >= 15 is 0 Å². The second-order valence-electron chi connectivity index (χ2n) is 6.09. The fourth-order valence-electron chi connectivity index (χ4n) is 3.21. The molecule has 0 saturated carbocycles. The van der Waals surface area contributed by atoms with Crippen molar-refractivity contribution < 1.29 is 14.6 Å². The van der Waals surface area contributed by atoms with E-state index in [1.807, 2.05) is 11.8 Å². The van der Waals surface area contributed by atoms with Crippen LogP contribution in [0.5, 0.6) is 0 Å². The molecule has 1 aromatic rings. The second-order valence-corrected chi connectivity index (χ2v) is 6.88. The van der Waals surface area contributed by atoms with Crippen molar-refractivity contribution in [3.63, 3.8) is 0 Å². The van der Waals surface area contributed by atoms with Gasteiger partial charge in [0.2, 0.25) is 0 Å². The van der Waals surface area contributed by atoms with Crippen LogP contribution in [0.4, 0.5) is 4.39 Å². The van der Waals surface area contributed by atoms with Crippen molar-refractivity contribution in [2.45, 2.75) is 38.8 Å². The number of nitrogens with zero attached hydrogens (tertiary/aromatic N) is 1. The molecule has 2 rings (SSSR count). The average molecular weight is 350 g/mol. The van der Waals surface area contributed by atoms with E-state index in [1.165, 1.54) is 12.1 Å². The van der Waals surface area contributed by atoms with E-state index in [9.17, 15) is 14.6 Å². The summed E-state index contributed by atoms with van der Waals surface area (Å²) < 4.78 is 13.9. The van der Waals surface area contributed by atoms with Crippen molar-refractivity contribution in [3.05, 3.63) is 33.6 Å². The maximum atomic E-state index is 13.9. The van der Waals surface area contributed by atoms with Crippen LogP contribution in [-0.4, -0.2) is 40.9 Å². The van der Waals surface area contributed by atoms with Crippen LogP contribution in [-0.2, 0) is 6.54 Å². The molecule has 124 valence electrons. The zero-order chi connectivity index (χ0) is 16.3. The summed E-state index contributed by atoms with van der Waals surface area (Å²) in [5, 5.41) is 20.7. The number of hydrogen-bond acceptors (Lipinski definition) is 3. The van der Waals surface area contributed by atoms with Gasteiger partial charge >= 0.3 is 0 Å². The molecule has 0 amide bonds. The Hall–Kier alpha value is -0.390. The van der Waals surface area contributed by atoms with Gasteiger partial charge < -0.3 is 10.2 Å². The molecule has 0 spiro atoms. The molecule has 22 heavy (non-hydrogen) atoms. The van der Waals surface area contributed by atoms with Crippen LogP contribution >= 0.6 is 23.2 Å². The van der Waals surface area contributed by atoms with Gasteiger partial charge in [-0.15, -0.1) is 0 Å². The summed E-state index contributed by atoms with van der Waals surface area (Å²) in [5.74, 6) is -0.392. The summed E-state index contributed by atoms with van der Waals surface area (Å²) in [6, 6.07) is 2.74. The van der Waals surface area contributed by atoms with Crippen molar-refractivity contribution in [2.24, 2.45) is 5.41 Å². The van der Waals surface area contributed by atoms with Gasteiger partial charge in [-0.2, -0.15) is 0 Å². The molecule has 0 radical (unpaired) electrons. The van der Waals surface area contributed by atoms with Crippen LogP contribution in [0.1, 0.15) is 31.7 Å². The number of hydrogen-bond donors (Lipinski definition) is 2. The van der Waals surface area contributed by atoms with Crippen LogP contribution < -0.4 is 0 Å². The van der Waals surface area contributed by atoms with Crippen LogP contribution in [0.3, 0.4) is 0 Å². The monoisotopic (exact) mass is 349 g/mol. The standard InChI is InChI=1S/C16H22Cl2FNO2/c1-2-5-16(10-21)6-7-20(9-14(16)22)8-11-13(19)4-3-12(17)15(11)18/h3-4,14,21-22H,2,5-10H2,1H3/t14-,16-/m1/s1. The van der Waals surface area contributed by atoms with E-state index in [4.69, 9.17) is 23.2 Å². The van der Waals surface area contributed by atoms with E-state index in [-0.39, 0.29) is 11.6 Å². The SMILES string of the molecule is CCC[C@]1(CO)CCN(Cc2c(F)ccc(Cl)c2Cl)C[C@H]1O. The molecule has 2 atom stereocenters.